The first kappa shape index (κ1) is 10.6. The van der Waals surface area contributed by atoms with E-state index in [1.807, 2.05) is 32.0 Å². The molecule has 1 rings (SSSR count). The smallest absolute Gasteiger partial charge is 0.141 e. The Hall–Kier alpha value is -1.51. The third-order valence-corrected chi connectivity index (χ3v) is 2.18. The van der Waals surface area contributed by atoms with Gasteiger partial charge < -0.3 is 14.8 Å². The molecule has 0 N–H and O–H groups in total. The van der Waals surface area contributed by atoms with Gasteiger partial charge in [0.25, 0.3) is 0 Å². The van der Waals surface area contributed by atoms with Gasteiger partial charge in [-0.3, -0.25) is 0 Å². The second-order valence-electron chi connectivity index (χ2n) is 3.30. The average Bonchev–Trinajstić information content (AvgIpc) is 2.09. The molecule has 76 valence electrons. The normalized spacial score (nSPS) is 9.93. The lowest BCUT2D eigenvalue weighted by molar-refractivity contribution is -0.246. The molecule has 0 unspecified atom stereocenters. The molecule has 1 aromatic carbocycles. The van der Waals surface area contributed by atoms with Crippen molar-refractivity contribution in [1.82, 2.24) is 0 Å². The van der Waals surface area contributed by atoms with E-state index in [2.05, 4.69) is 0 Å². The second-order valence-corrected chi connectivity index (χ2v) is 3.30. The number of rotatable bonds is 2. The van der Waals surface area contributed by atoms with Crippen molar-refractivity contribution in [2.24, 2.45) is 0 Å². The van der Waals surface area contributed by atoms with Crippen LogP contribution in [0, 0.1) is 13.8 Å². The molecule has 0 aromatic heterocycles. The number of hydrogen-bond acceptors (Lipinski definition) is 2. The van der Waals surface area contributed by atoms with Crippen molar-refractivity contribution >= 4 is 11.8 Å². The molecule has 0 spiro atoms. The number of aryl methyl sites for hydroxylation is 2. The zero-order valence-electron chi connectivity index (χ0n) is 8.70. The van der Waals surface area contributed by atoms with Crippen molar-refractivity contribution in [2.75, 3.05) is 11.4 Å². The fourth-order valence-corrected chi connectivity index (χ4v) is 1.51. The second kappa shape index (κ2) is 4.13. The molecule has 0 aliphatic rings. The summed E-state index contributed by atoms with van der Waals surface area (Å²) < 4.78 is 0. The van der Waals surface area contributed by atoms with Crippen molar-refractivity contribution in [3.63, 3.8) is 0 Å². The lowest BCUT2D eigenvalue weighted by Gasteiger charge is -2.25. The monoisotopic (exact) mass is 192 g/mol. The van der Waals surface area contributed by atoms with E-state index in [4.69, 9.17) is 0 Å². The highest BCUT2D eigenvalue weighted by Gasteiger charge is 2.07. The molecule has 0 atom stereocenters. The van der Waals surface area contributed by atoms with E-state index in [0.29, 0.717) is 12.2 Å². The molecule has 1 amide bonds. The van der Waals surface area contributed by atoms with E-state index in [9.17, 15) is 9.90 Å². The molecule has 0 radical (unpaired) electrons. The number of benzene rings is 1. The van der Waals surface area contributed by atoms with Crippen LogP contribution in [0.2, 0.25) is 0 Å². The maximum Gasteiger partial charge on any atom is 0.141 e. The SMILES string of the molecule is CCN(C(=O)[O-])c1ccc(C)cc1C. The minimum atomic E-state index is -1.15. The molecule has 14 heavy (non-hydrogen) atoms. The van der Waals surface area contributed by atoms with Crippen LogP contribution < -0.4 is 10.0 Å². The van der Waals surface area contributed by atoms with Crippen molar-refractivity contribution in [3.8, 4) is 0 Å². The van der Waals surface area contributed by atoms with Gasteiger partial charge in [-0.25, -0.2) is 0 Å². The maximum atomic E-state index is 10.8. The van der Waals surface area contributed by atoms with Gasteiger partial charge in [-0.05, 0) is 32.4 Å². The Balaban J connectivity index is 3.10. The van der Waals surface area contributed by atoms with Crippen LogP contribution in [0.15, 0.2) is 18.2 Å². The summed E-state index contributed by atoms with van der Waals surface area (Å²) in [7, 11) is 0. The van der Waals surface area contributed by atoms with Crippen LogP contribution >= 0.6 is 0 Å². The highest BCUT2D eigenvalue weighted by molar-refractivity contribution is 5.85. The highest BCUT2D eigenvalue weighted by Crippen LogP contribution is 2.20. The quantitative estimate of drug-likeness (QED) is 0.712. The van der Waals surface area contributed by atoms with Crippen LogP contribution in [0.3, 0.4) is 0 Å². The van der Waals surface area contributed by atoms with Crippen LogP contribution in [0.1, 0.15) is 18.1 Å². The maximum absolute atomic E-state index is 10.8. The van der Waals surface area contributed by atoms with Crippen molar-refractivity contribution < 1.29 is 9.90 Å². The van der Waals surface area contributed by atoms with E-state index >= 15 is 0 Å². The Morgan fingerprint density at radius 3 is 2.50 bits per heavy atom. The number of anilines is 1. The average molecular weight is 192 g/mol. The molecule has 0 saturated heterocycles. The number of carboxylic acid groups (broad SMARTS) is 1. The molecular weight excluding hydrogens is 178 g/mol. The number of carbonyl (C=O) groups is 1. The Morgan fingerprint density at radius 2 is 2.07 bits per heavy atom. The predicted molar refractivity (Wildman–Crippen MR) is 54.3 cm³/mol. The Kier molecular flexibility index (Phi) is 3.12. The summed E-state index contributed by atoms with van der Waals surface area (Å²) in [6.07, 6.45) is -1.15. The van der Waals surface area contributed by atoms with Gasteiger partial charge in [0.2, 0.25) is 0 Å². The summed E-state index contributed by atoms with van der Waals surface area (Å²) in [5, 5.41) is 10.8. The van der Waals surface area contributed by atoms with Gasteiger partial charge in [0.05, 0.1) is 0 Å². The van der Waals surface area contributed by atoms with E-state index in [0.717, 1.165) is 11.1 Å². The van der Waals surface area contributed by atoms with Gasteiger partial charge >= 0.3 is 0 Å². The molecular formula is C11H14NO2-. The molecule has 0 aliphatic heterocycles. The Labute approximate surface area is 84.0 Å². The first-order chi connectivity index (χ1) is 6.56. The van der Waals surface area contributed by atoms with Crippen molar-refractivity contribution in [1.29, 1.82) is 0 Å². The lowest BCUT2D eigenvalue weighted by atomic mass is 10.1. The van der Waals surface area contributed by atoms with Crippen LogP contribution in [-0.2, 0) is 0 Å². The molecule has 0 bridgehead atoms. The number of nitrogens with zero attached hydrogens (tertiary/aromatic N) is 1. The highest BCUT2D eigenvalue weighted by atomic mass is 16.4. The summed E-state index contributed by atoms with van der Waals surface area (Å²) in [6, 6.07) is 5.67. The topological polar surface area (TPSA) is 43.4 Å². The van der Waals surface area contributed by atoms with Gasteiger partial charge in [-0.1, -0.05) is 17.7 Å². The third kappa shape index (κ3) is 2.05. The molecule has 1 aromatic rings. The zero-order chi connectivity index (χ0) is 10.7. The van der Waals surface area contributed by atoms with Gasteiger partial charge in [0, 0.05) is 12.2 Å². The fourth-order valence-electron chi connectivity index (χ4n) is 1.51. The van der Waals surface area contributed by atoms with Crippen LogP contribution in [-0.4, -0.2) is 12.6 Å². The summed E-state index contributed by atoms with van der Waals surface area (Å²) in [5.74, 6) is 0. The summed E-state index contributed by atoms with van der Waals surface area (Å²) in [6.45, 7) is 6.07. The van der Waals surface area contributed by atoms with Gasteiger partial charge in [0.15, 0.2) is 0 Å². The van der Waals surface area contributed by atoms with E-state index in [-0.39, 0.29) is 0 Å². The van der Waals surface area contributed by atoms with E-state index < -0.39 is 6.09 Å². The van der Waals surface area contributed by atoms with Crippen LogP contribution in [0.25, 0.3) is 0 Å². The lowest BCUT2D eigenvalue weighted by Crippen LogP contribution is -2.41. The van der Waals surface area contributed by atoms with Gasteiger partial charge in [-0.15, -0.1) is 0 Å². The molecule has 0 aliphatic carbocycles. The molecule has 3 nitrogen and oxygen atoms in total. The van der Waals surface area contributed by atoms with Gasteiger partial charge in [0.1, 0.15) is 6.09 Å². The van der Waals surface area contributed by atoms with E-state index in [1.54, 1.807) is 6.92 Å². The minimum Gasteiger partial charge on any atom is -0.530 e. The molecule has 0 saturated carbocycles. The van der Waals surface area contributed by atoms with Crippen LogP contribution in [0.5, 0.6) is 0 Å². The summed E-state index contributed by atoms with van der Waals surface area (Å²) >= 11 is 0. The molecule has 3 heteroatoms. The van der Waals surface area contributed by atoms with Gasteiger partial charge in [-0.2, -0.15) is 0 Å². The van der Waals surface area contributed by atoms with E-state index in [1.165, 1.54) is 4.90 Å². The van der Waals surface area contributed by atoms with Crippen molar-refractivity contribution in [2.45, 2.75) is 20.8 Å². The Bertz CT molecular complexity index is 347. The standard InChI is InChI=1S/C11H15NO2/c1-4-12(11(13)14)10-6-5-8(2)7-9(10)3/h5-7H,4H2,1-3H3,(H,13,14)/p-1. The predicted octanol–water partition coefficient (Wildman–Crippen LogP) is 1.47. The minimum absolute atomic E-state index is 0.409. The Morgan fingerprint density at radius 1 is 1.43 bits per heavy atom. The number of amides is 1. The molecule has 0 fully saturated rings. The van der Waals surface area contributed by atoms with Crippen molar-refractivity contribution in [3.05, 3.63) is 29.3 Å². The van der Waals surface area contributed by atoms with Crippen LogP contribution in [0.4, 0.5) is 10.5 Å². The largest absolute Gasteiger partial charge is 0.530 e. The first-order valence-corrected chi connectivity index (χ1v) is 4.62. The summed E-state index contributed by atoms with van der Waals surface area (Å²) in [4.78, 5) is 12.0. The fraction of sp³-hybridized carbons (Fsp3) is 0.364. The number of carbonyl (C=O) groups excluding carboxylic acids is 1. The zero-order valence-corrected chi connectivity index (χ0v) is 8.70. The number of hydrogen-bond donors (Lipinski definition) is 0. The summed E-state index contributed by atoms with van der Waals surface area (Å²) in [5.41, 5.74) is 2.79. The third-order valence-electron chi connectivity index (χ3n) is 2.18. The molecule has 0 heterocycles. The first-order valence-electron chi connectivity index (χ1n) is 4.62.